The van der Waals surface area contributed by atoms with Gasteiger partial charge in [0.1, 0.15) is 23.7 Å². The Kier molecular flexibility index (Phi) is 7.77. The Bertz CT molecular complexity index is 1270. The van der Waals surface area contributed by atoms with Gasteiger partial charge in [0, 0.05) is 7.11 Å². The number of aromatic nitrogens is 4. The number of aryl methyl sites for hydroxylation is 1. The molecule has 0 aromatic carbocycles. The third kappa shape index (κ3) is 5.88. The van der Waals surface area contributed by atoms with Gasteiger partial charge < -0.3 is 30.3 Å². The van der Waals surface area contributed by atoms with E-state index in [0.29, 0.717) is 18.6 Å². The van der Waals surface area contributed by atoms with Crippen LogP contribution in [0, 0.1) is 12.3 Å². The van der Waals surface area contributed by atoms with Crippen molar-refractivity contribution < 1.29 is 55.9 Å². The zero-order valence-electron chi connectivity index (χ0n) is 18.6. The fraction of sp³-hybridized carbons (Fsp3) is 0.533. The van der Waals surface area contributed by atoms with Crippen LogP contribution < -0.4 is 5.73 Å². The number of fused-ring (bicyclic) bond motifs is 1. The van der Waals surface area contributed by atoms with Crippen LogP contribution in [-0.4, -0.2) is 65.2 Å². The molecule has 0 amide bonds. The van der Waals surface area contributed by atoms with Crippen molar-refractivity contribution in [1.82, 2.24) is 19.5 Å². The summed E-state index contributed by atoms with van der Waals surface area (Å²) in [5.74, 6) is 0.477. The average Bonchev–Trinajstić information content (AvgIpc) is 3.24. The Morgan fingerprint density at radius 2 is 1.86 bits per heavy atom. The van der Waals surface area contributed by atoms with E-state index in [-0.39, 0.29) is 11.3 Å². The van der Waals surface area contributed by atoms with E-state index in [4.69, 9.17) is 15.4 Å². The van der Waals surface area contributed by atoms with Crippen LogP contribution in [0.25, 0.3) is 11.2 Å². The molecule has 7 atom stereocenters. The maximum absolute atomic E-state index is 12.1. The summed E-state index contributed by atoms with van der Waals surface area (Å²) < 4.78 is 58.9. The molecule has 0 aliphatic carbocycles. The Morgan fingerprint density at radius 3 is 2.46 bits per heavy atom. The minimum Gasteiger partial charge on any atom is -0.389 e. The number of aliphatic hydroxyl groups is 1. The van der Waals surface area contributed by atoms with Crippen molar-refractivity contribution in [3.05, 3.63) is 24.8 Å². The predicted octanol–water partition coefficient (Wildman–Crippen LogP) is 1.16. The Labute approximate surface area is 198 Å². The molecule has 2 aromatic rings. The molecule has 2 aromatic heterocycles. The van der Waals surface area contributed by atoms with Crippen LogP contribution >= 0.6 is 23.5 Å². The summed E-state index contributed by atoms with van der Waals surface area (Å²) >= 11 is 0. The van der Waals surface area contributed by atoms with E-state index in [9.17, 15) is 28.6 Å². The van der Waals surface area contributed by atoms with Crippen LogP contribution in [-0.2, 0) is 36.1 Å². The van der Waals surface area contributed by atoms with Gasteiger partial charge in [-0.1, -0.05) is 6.08 Å². The van der Waals surface area contributed by atoms with Gasteiger partial charge in [-0.05, 0) is 13.8 Å². The third-order valence-corrected chi connectivity index (χ3v) is 9.36. The van der Waals surface area contributed by atoms with Crippen molar-refractivity contribution in [3.63, 3.8) is 0 Å². The van der Waals surface area contributed by atoms with E-state index in [0.717, 1.165) is 0 Å². The molecule has 1 saturated heterocycles. The normalized spacial score (nSPS) is 30.0. The molecule has 20 heteroatoms. The van der Waals surface area contributed by atoms with Crippen molar-refractivity contribution in [1.29, 1.82) is 0 Å². The molecule has 3 heterocycles. The maximum Gasteiger partial charge on any atom is 0.490 e. The second kappa shape index (κ2) is 9.71. The minimum atomic E-state index is -5.58. The highest BCUT2D eigenvalue weighted by molar-refractivity contribution is 7.66. The Balaban J connectivity index is 1.80. The number of rotatable bonds is 10. The molecule has 0 bridgehead atoms. The first-order valence-corrected chi connectivity index (χ1v) is 14.1. The van der Waals surface area contributed by atoms with Gasteiger partial charge in [0.15, 0.2) is 11.5 Å². The Hall–Kier alpha value is -1.58. The van der Waals surface area contributed by atoms with Crippen LogP contribution in [0.3, 0.4) is 0 Å². The van der Waals surface area contributed by atoms with Crippen LogP contribution in [0.4, 0.5) is 5.82 Å². The van der Waals surface area contributed by atoms with Gasteiger partial charge in [-0.25, -0.2) is 28.6 Å². The van der Waals surface area contributed by atoms with E-state index >= 15 is 0 Å². The first-order chi connectivity index (χ1) is 16.0. The van der Waals surface area contributed by atoms with Gasteiger partial charge >= 0.3 is 23.5 Å². The number of nitrogens with two attached hydrogens (primary N) is 1. The van der Waals surface area contributed by atoms with Crippen molar-refractivity contribution in [2.75, 3.05) is 19.5 Å². The number of imidazole rings is 1. The summed E-state index contributed by atoms with van der Waals surface area (Å²) in [6, 6.07) is 0. The fourth-order valence-corrected chi connectivity index (χ4v) is 6.64. The molecule has 3 rings (SSSR count). The summed E-state index contributed by atoms with van der Waals surface area (Å²) in [5, 5.41) is 10.9. The van der Waals surface area contributed by atoms with E-state index in [2.05, 4.69) is 39.2 Å². The van der Waals surface area contributed by atoms with Crippen molar-refractivity contribution >= 4 is 40.4 Å². The molecule has 1 aliphatic heterocycles. The number of hydrogen-bond donors (Lipinski definition) is 5. The lowest BCUT2D eigenvalue weighted by Gasteiger charge is -2.29. The lowest BCUT2D eigenvalue weighted by molar-refractivity contribution is -0.0464. The van der Waals surface area contributed by atoms with Crippen LogP contribution in [0.5, 0.6) is 0 Å². The molecule has 3 unspecified atom stereocenters. The predicted molar refractivity (Wildman–Crippen MR) is 117 cm³/mol. The number of phosphoric acid groups is 3. The molecule has 17 nitrogen and oxygen atoms in total. The van der Waals surface area contributed by atoms with Crippen molar-refractivity contribution in [2.24, 2.45) is 5.41 Å². The summed E-state index contributed by atoms with van der Waals surface area (Å²) in [5.41, 5.74) is 5.27. The highest BCUT2D eigenvalue weighted by Gasteiger charge is 2.53. The van der Waals surface area contributed by atoms with Gasteiger partial charge in [0.25, 0.3) is 0 Å². The number of nitrogens with zero attached hydrogens (tertiary/aromatic N) is 4. The molecule has 1 fully saturated rings. The highest BCUT2D eigenvalue weighted by Crippen LogP contribution is 2.67. The SMILES string of the molecule is C=C[C@]1(C)[C@H](O)[C@@H](COP(=O)(O)OP(=O)(O)OP(=O)(O)OC)O[C@H]1n1cnc2c(N)nc(C)nc21. The van der Waals surface area contributed by atoms with Crippen molar-refractivity contribution in [3.8, 4) is 0 Å². The first kappa shape index (κ1) is 28.0. The molecule has 1 aliphatic rings. The molecular weight excluding hydrogens is 535 g/mol. The average molecular weight is 559 g/mol. The molecule has 0 saturated carbocycles. The summed E-state index contributed by atoms with van der Waals surface area (Å²) in [4.78, 5) is 40.9. The van der Waals surface area contributed by atoms with Gasteiger partial charge in [0.2, 0.25) is 0 Å². The second-order valence-corrected chi connectivity index (χ2v) is 12.3. The van der Waals surface area contributed by atoms with E-state index < -0.39 is 53.9 Å². The standard InChI is InChI=1S/C15H24N5O12P3/c1-5-15(3)11(21)9(6-29-34(24,25)32-35(26,27)31-33(22,23)28-4)30-14(15)20-7-17-10-12(16)18-8(2)19-13(10)20/h5,7,9,11,14,21H,1,6H2,2-4H3,(H,22,23)(H,24,25)(H,26,27)(H2,16,18,19)/t9-,11-,14-,15-/m1/s1. The molecule has 0 radical (unpaired) electrons. The zero-order chi connectivity index (χ0) is 26.4. The largest absolute Gasteiger partial charge is 0.490 e. The maximum atomic E-state index is 12.1. The summed E-state index contributed by atoms with van der Waals surface area (Å²) in [6.07, 6.45) is -0.881. The van der Waals surface area contributed by atoms with Gasteiger partial charge in [0.05, 0.1) is 24.5 Å². The van der Waals surface area contributed by atoms with Gasteiger partial charge in [-0.3, -0.25) is 13.6 Å². The number of nitrogen functional groups attached to an aromatic ring is 1. The first-order valence-electron chi connectivity index (χ1n) is 9.59. The van der Waals surface area contributed by atoms with E-state index in [1.165, 1.54) is 17.0 Å². The fourth-order valence-electron chi connectivity index (χ4n) is 3.37. The topological polar surface area (TPSA) is 248 Å². The zero-order valence-corrected chi connectivity index (χ0v) is 21.2. The number of hydrogen-bond acceptors (Lipinski definition) is 13. The molecule has 6 N–H and O–H groups in total. The molecule has 0 spiro atoms. The van der Waals surface area contributed by atoms with Gasteiger partial charge in [-0.15, -0.1) is 6.58 Å². The van der Waals surface area contributed by atoms with E-state index in [1.54, 1.807) is 13.8 Å². The number of aliphatic hydroxyl groups excluding tert-OH is 1. The third-order valence-electron chi connectivity index (χ3n) is 5.12. The smallest absolute Gasteiger partial charge is 0.389 e. The summed E-state index contributed by atoms with van der Waals surface area (Å²) in [6.45, 7) is 6.11. The Morgan fingerprint density at radius 1 is 1.23 bits per heavy atom. The van der Waals surface area contributed by atoms with Crippen LogP contribution in [0.2, 0.25) is 0 Å². The monoisotopic (exact) mass is 559 g/mol. The number of anilines is 1. The van der Waals surface area contributed by atoms with Crippen LogP contribution in [0.1, 0.15) is 19.0 Å². The summed E-state index contributed by atoms with van der Waals surface area (Å²) in [7, 11) is -15.3. The van der Waals surface area contributed by atoms with Gasteiger partial charge in [-0.2, -0.15) is 8.62 Å². The molecule has 196 valence electrons. The van der Waals surface area contributed by atoms with E-state index in [1.807, 2.05) is 0 Å². The second-order valence-electron chi connectivity index (χ2n) is 7.57. The minimum absolute atomic E-state index is 0.125. The van der Waals surface area contributed by atoms with Crippen molar-refractivity contribution in [2.45, 2.75) is 32.3 Å². The molecular formula is C15H24N5O12P3. The number of ether oxygens (including phenoxy) is 1. The quantitative estimate of drug-likeness (QED) is 0.202. The number of phosphoric ester groups is 2. The highest BCUT2D eigenvalue weighted by atomic mass is 31.3. The lowest BCUT2D eigenvalue weighted by Crippen LogP contribution is -2.37. The lowest BCUT2D eigenvalue weighted by atomic mass is 9.82. The molecule has 35 heavy (non-hydrogen) atoms. The van der Waals surface area contributed by atoms with Crippen LogP contribution in [0.15, 0.2) is 19.0 Å².